The van der Waals surface area contributed by atoms with Crippen molar-refractivity contribution in [3.63, 3.8) is 0 Å². The topological polar surface area (TPSA) is 95.9 Å². The van der Waals surface area contributed by atoms with Gasteiger partial charge in [0.05, 0.1) is 6.61 Å². The highest BCUT2D eigenvalue weighted by molar-refractivity contribution is 5.94. The van der Waals surface area contributed by atoms with E-state index in [9.17, 15) is 14.4 Å². The summed E-state index contributed by atoms with van der Waals surface area (Å²) in [6.07, 6.45) is 2.68. The van der Waals surface area contributed by atoms with Gasteiger partial charge < -0.3 is 20.1 Å². The molecule has 0 bridgehead atoms. The Balaban J connectivity index is 1.68. The standard InChI is InChI=1S/C18H24N2O5/c1-20(10-2-5-18(23)24)17(22)4-3-11-25-14-7-8-15-13(12-14)6-9-16(21)19-15/h7-8,12H,2-6,9-11H2,1H3,(H,19,21)(H,23,24). The molecule has 0 unspecified atom stereocenters. The maximum absolute atomic E-state index is 11.9. The number of fused-ring (bicyclic) bond motifs is 1. The van der Waals surface area contributed by atoms with Gasteiger partial charge in [-0.05, 0) is 43.0 Å². The number of anilines is 1. The molecule has 1 heterocycles. The molecule has 2 rings (SSSR count). The second kappa shape index (κ2) is 9.05. The van der Waals surface area contributed by atoms with E-state index < -0.39 is 5.97 Å². The Bertz CT molecular complexity index is 644. The van der Waals surface area contributed by atoms with Crippen LogP contribution in [0, 0.1) is 0 Å². The summed E-state index contributed by atoms with van der Waals surface area (Å²) in [7, 11) is 1.68. The van der Waals surface area contributed by atoms with Crippen molar-refractivity contribution in [2.45, 2.75) is 38.5 Å². The third kappa shape index (κ3) is 6.10. The molecule has 2 amide bonds. The molecule has 0 fully saturated rings. The second-order valence-corrected chi connectivity index (χ2v) is 6.13. The zero-order chi connectivity index (χ0) is 18.2. The SMILES string of the molecule is CN(CCCC(=O)O)C(=O)CCCOc1ccc2c(c1)CCC(=O)N2. The number of carbonyl (C=O) groups is 3. The zero-order valence-corrected chi connectivity index (χ0v) is 14.4. The predicted molar refractivity (Wildman–Crippen MR) is 92.6 cm³/mol. The molecule has 1 aliphatic heterocycles. The van der Waals surface area contributed by atoms with Crippen LogP contribution in [0.2, 0.25) is 0 Å². The average Bonchev–Trinajstić information content (AvgIpc) is 2.58. The Morgan fingerprint density at radius 2 is 2.04 bits per heavy atom. The summed E-state index contributed by atoms with van der Waals surface area (Å²) in [6, 6.07) is 5.57. The average molecular weight is 348 g/mol. The highest BCUT2D eigenvalue weighted by Gasteiger charge is 2.15. The highest BCUT2D eigenvalue weighted by Crippen LogP contribution is 2.26. The van der Waals surface area contributed by atoms with Crippen molar-refractivity contribution in [2.75, 3.05) is 25.5 Å². The number of aliphatic carboxylic acids is 1. The van der Waals surface area contributed by atoms with Gasteiger partial charge in [-0.25, -0.2) is 0 Å². The number of nitrogens with one attached hydrogen (secondary N) is 1. The minimum atomic E-state index is -0.848. The van der Waals surface area contributed by atoms with Crippen LogP contribution in [0.25, 0.3) is 0 Å². The van der Waals surface area contributed by atoms with Gasteiger partial charge in [-0.15, -0.1) is 0 Å². The summed E-state index contributed by atoms with van der Waals surface area (Å²) in [4.78, 5) is 35.3. The van der Waals surface area contributed by atoms with E-state index in [0.29, 0.717) is 45.3 Å². The molecule has 0 atom stereocenters. The molecule has 136 valence electrons. The summed E-state index contributed by atoms with van der Waals surface area (Å²) in [5, 5.41) is 11.4. The third-order valence-corrected chi connectivity index (χ3v) is 4.09. The van der Waals surface area contributed by atoms with Crippen molar-refractivity contribution in [1.82, 2.24) is 4.90 Å². The maximum atomic E-state index is 11.9. The number of hydrogen-bond acceptors (Lipinski definition) is 4. The fourth-order valence-corrected chi connectivity index (χ4v) is 2.65. The molecule has 1 aliphatic rings. The molecule has 0 saturated carbocycles. The highest BCUT2D eigenvalue weighted by atomic mass is 16.5. The number of carbonyl (C=O) groups excluding carboxylic acids is 2. The second-order valence-electron chi connectivity index (χ2n) is 6.13. The lowest BCUT2D eigenvalue weighted by Crippen LogP contribution is -2.28. The van der Waals surface area contributed by atoms with Crippen molar-refractivity contribution < 1.29 is 24.2 Å². The van der Waals surface area contributed by atoms with Crippen LogP contribution in [0.1, 0.15) is 37.7 Å². The van der Waals surface area contributed by atoms with Crippen molar-refractivity contribution in [3.05, 3.63) is 23.8 Å². The molecule has 25 heavy (non-hydrogen) atoms. The first-order valence-corrected chi connectivity index (χ1v) is 8.47. The molecular formula is C18H24N2O5. The fourth-order valence-electron chi connectivity index (χ4n) is 2.65. The van der Waals surface area contributed by atoms with Gasteiger partial charge in [0.15, 0.2) is 0 Å². The van der Waals surface area contributed by atoms with Crippen molar-refractivity contribution in [3.8, 4) is 5.75 Å². The number of ether oxygens (including phenoxy) is 1. The van der Waals surface area contributed by atoms with Gasteiger partial charge in [0.2, 0.25) is 11.8 Å². The summed E-state index contributed by atoms with van der Waals surface area (Å²) < 4.78 is 5.68. The van der Waals surface area contributed by atoms with E-state index in [1.807, 2.05) is 18.2 Å². The van der Waals surface area contributed by atoms with Crippen molar-refractivity contribution >= 4 is 23.5 Å². The minimum absolute atomic E-state index is 0.0119. The summed E-state index contributed by atoms with van der Waals surface area (Å²) in [5.74, 6) is -0.0923. The monoisotopic (exact) mass is 348 g/mol. The Labute approximate surface area is 147 Å². The first-order valence-electron chi connectivity index (χ1n) is 8.47. The van der Waals surface area contributed by atoms with Gasteiger partial charge >= 0.3 is 5.97 Å². The number of rotatable bonds is 9. The van der Waals surface area contributed by atoms with Gasteiger partial charge in [0, 0.05) is 38.5 Å². The minimum Gasteiger partial charge on any atom is -0.494 e. The first-order chi connectivity index (χ1) is 12.0. The molecule has 7 heteroatoms. The van der Waals surface area contributed by atoms with Crippen LogP contribution >= 0.6 is 0 Å². The molecule has 0 aliphatic carbocycles. The zero-order valence-electron chi connectivity index (χ0n) is 14.4. The van der Waals surface area contributed by atoms with E-state index in [4.69, 9.17) is 9.84 Å². The van der Waals surface area contributed by atoms with Gasteiger partial charge in [-0.1, -0.05) is 0 Å². The lowest BCUT2D eigenvalue weighted by atomic mass is 10.0. The third-order valence-electron chi connectivity index (χ3n) is 4.09. The van der Waals surface area contributed by atoms with Gasteiger partial charge in [0.1, 0.15) is 5.75 Å². The summed E-state index contributed by atoms with van der Waals surface area (Å²) in [6.45, 7) is 0.877. The van der Waals surface area contributed by atoms with Crippen LogP contribution in [0.3, 0.4) is 0 Å². The molecule has 7 nitrogen and oxygen atoms in total. The number of benzene rings is 1. The van der Waals surface area contributed by atoms with E-state index in [1.165, 1.54) is 0 Å². The lowest BCUT2D eigenvalue weighted by molar-refractivity contribution is -0.138. The summed E-state index contributed by atoms with van der Waals surface area (Å²) >= 11 is 0. The van der Waals surface area contributed by atoms with Crippen LogP contribution in [-0.2, 0) is 20.8 Å². The van der Waals surface area contributed by atoms with E-state index in [1.54, 1.807) is 11.9 Å². The van der Waals surface area contributed by atoms with Crippen LogP contribution in [0.4, 0.5) is 5.69 Å². The number of carboxylic acid groups (broad SMARTS) is 1. The number of carboxylic acids is 1. The van der Waals surface area contributed by atoms with Gasteiger partial charge in [-0.2, -0.15) is 0 Å². The predicted octanol–water partition coefficient (Wildman–Crippen LogP) is 2.05. The van der Waals surface area contributed by atoms with Crippen LogP contribution in [0.5, 0.6) is 5.75 Å². The van der Waals surface area contributed by atoms with Crippen LogP contribution in [0.15, 0.2) is 18.2 Å². The maximum Gasteiger partial charge on any atom is 0.303 e. The first kappa shape index (κ1) is 18.8. The number of nitrogens with zero attached hydrogens (tertiary/aromatic N) is 1. The summed E-state index contributed by atoms with van der Waals surface area (Å²) in [5.41, 5.74) is 1.90. The number of amides is 2. The van der Waals surface area contributed by atoms with E-state index in [2.05, 4.69) is 5.32 Å². The Morgan fingerprint density at radius 1 is 1.24 bits per heavy atom. The molecule has 2 N–H and O–H groups in total. The van der Waals surface area contributed by atoms with Crippen molar-refractivity contribution in [1.29, 1.82) is 0 Å². The van der Waals surface area contributed by atoms with E-state index in [-0.39, 0.29) is 18.2 Å². The van der Waals surface area contributed by atoms with E-state index in [0.717, 1.165) is 17.0 Å². The largest absolute Gasteiger partial charge is 0.494 e. The van der Waals surface area contributed by atoms with Crippen molar-refractivity contribution in [2.24, 2.45) is 0 Å². The molecule has 1 aromatic rings. The lowest BCUT2D eigenvalue weighted by Gasteiger charge is -2.18. The quantitative estimate of drug-likeness (QED) is 0.666. The molecule has 0 aromatic heterocycles. The molecular weight excluding hydrogens is 324 g/mol. The molecule has 1 aromatic carbocycles. The number of aryl methyl sites for hydroxylation is 1. The Morgan fingerprint density at radius 3 is 2.80 bits per heavy atom. The number of hydrogen-bond donors (Lipinski definition) is 2. The normalized spacial score (nSPS) is 12.9. The smallest absolute Gasteiger partial charge is 0.303 e. The molecule has 0 spiro atoms. The molecule has 0 radical (unpaired) electrons. The van der Waals surface area contributed by atoms with Gasteiger partial charge in [0.25, 0.3) is 0 Å². The Hall–Kier alpha value is -2.57. The van der Waals surface area contributed by atoms with Gasteiger partial charge in [-0.3, -0.25) is 14.4 Å². The van der Waals surface area contributed by atoms with Crippen LogP contribution in [-0.4, -0.2) is 48.0 Å². The Kier molecular flexibility index (Phi) is 6.80. The fraction of sp³-hybridized carbons (Fsp3) is 0.500. The van der Waals surface area contributed by atoms with E-state index >= 15 is 0 Å². The molecule has 0 saturated heterocycles. The van der Waals surface area contributed by atoms with Crippen LogP contribution < -0.4 is 10.1 Å².